The van der Waals surface area contributed by atoms with Crippen LogP contribution in [0.2, 0.25) is 0 Å². The van der Waals surface area contributed by atoms with Gasteiger partial charge in [0.1, 0.15) is 0 Å². The summed E-state index contributed by atoms with van der Waals surface area (Å²) >= 11 is 0. The van der Waals surface area contributed by atoms with Gasteiger partial charge in [-0.05, 0) is 6.92 Å². The van der Waals surface area contributed by atoms with E-state index in [1.807, 2.05) is 0 Å². The molecule has 1 fully saturated rings. The molecule has 0 spiro atoms. The van der Waals surface area contributed by atoms with Gasteiger partial charge in [-0.25, -0.2) is 0 Å². The van der Waals surface area contributed by atoms with Crippen LogP contribution in [0.5, 0.6) is 0 Å². The molecule has 0 aliphatic carbocycles. The van der Waals surface area contributed by atoms with Crippen LogP contribution in [0.15, 0.2) is 0 Å². The molecule has 7 nitrogen and oxygen atoms in total. The molecule has 0 aromatic heterocycles. The van der Waals surface area contributed by atoms with Crippen molar-refractivity contribution in [1.29, 1.82) is 0 Å². The van der Waals surface area contributed by atoms with Crippen molar-refractivity contribution in [3.8, 4) is 0 Å². The highest BCUT2D eigenvalue weighted by atomic mass is 16.6. The molecule has 1 heterocycles. The maximum absolute atomic E-state index is 11.1. The highest BCUT2D eigenvalue weighted by Gasteiger charge is 2.44. The lowest BCUT2D eigenvalue weighted by molar-refractivity contribution is -0.222. The van der Waals surface area contributed by atoms with Crippen molar-refractivity contribution in [3.05, 3.63) is 0 Å². The van der Waals surface area contributed by atoms with Crippen molar-refractivity contribution in [2.45, 2.75) is 52.1 Å². The van der Waals surface area contributed by atoms with E-state index in [1.54, 1.807) is 6.92 Å². The van der Waals surface area contributed by atoms with Crippen LogP contribution < -0.4 is 0 Å². The fraction of sp³-hybridized carbons (Fsp3) is 0.750. The van der Waals surface area contributed by atoms with Gasteiger partial charge in [-0.2, -0.15) is 0 Å². The van der Waals surface area contributed by atoms with Gasteiger partial charge in [0.25, 0.3) is 0 Å². The Labute approximate surface area is 111 Å². The predicted octanol–water partition coefficient (Wildman–Crippen LogP) is 0.200. The van der Waals surface area contributed by atoms with Crippen LogP contribution in [0.4, 0.5) is 0 Å². The minimum atomic E-state index is -0.867. The Balaban J connectivity index is 2.89. The largest absolute Gasteiger partial charge is 0.456 e. The smallest absolute Gasteiger partial charge is 0.303 e. The Morgan fingerprint density at radius 2 is 1.37 bits per heavy atom. The van der Waals surface area contributed by atoms with E-state index in [0.29, 0.717) is 0 Å². The van der Waals surface area contributed by atoms with Gasteiger partial charge in [-0.3, -0.25) is 14.4 Å². The van der Waals surface area contributed by atoms with Gasteiger partial charge in [0.2, 0.25) is 0 Å². The minimum Gasteiger partial charge on any atom is -0.456 e. The molecule has 0 aromatic carbocycles. The van der Waals surface area contributed by atoms with Crippen LogP contribution in [-0.2, 0) is 33.3 Å². The van der Waals surface area contributed by atoms with Gasteiger partial charge < -0.3 is 18.9 Å². The molecule has 0 amide bonds. The summed E-state index contributed by atoms with van der Waals surface area (Å²) in [5, 5.41) is 0. The molecule has 7 heteroatoms. The molecule has 0 N–H and O–H groups in total. The Morgan fingerprint density at radius 1 is 0.895 bits per heavy atom. The van der Waals surface area contributed by atoms with Crippen molar-refractivity contribution in [3.63, 3.8) is 0 Å². The fourth-order valence-corrected chi connectivity index (χ4v) is 1.92. The lowest BCUT2D eigenvalue weighted by Gasteiger charge is -2.39. The Morgan fingerprint density at radius 3 is 1.84 bits per heavy atom. The molecule has 3 unspecified atom stereocenters. The van der Waals surface area contributed by atoms with Crippen LogP contribution in [-0.4, -0.2) is 48.9 Å². The summed E-state index contributed by atoms with van der Waals surface area (Å²) in [5.41, 5.74) is 0. The molecule has 108 valence electrons. The molecule has 1 saturated heterocycles. The van der Waals surface area contributed by atoms with Gasteiger partial charge in [0.05, 0.1) is 12.7 Å². The maximum atomic E-state index is 11.1. The Kier molecular flexibility index (Phi) is 5.29. The van der Waals surface area contributed by atoms with E-state index in [0.717, 1.165) is 0 Å². The summed E-state index contributed by atoms with van der Waals surface area (Å²) in [6.45, 7) is 5.48. The summed E-state index contributed by atoms with van der Waals surface area (Å²) in [6.07, 6.45) is -2.92. The number of esters is 3. The lowest BCUT2D eigenvalue weighted by Crippen LogP contribution is -2.56. The summed E-state index contributed by atoms with van der Waals surface area (Å²) in [7, 11) is 0. The van der Waals surface area contributed by atoms with E-state index >= 15 is 0 Å². The summed E-state index contributed by atoms with van der Waals surface area (Å²) in [5.74, 6) is -1.60. The zero-order valence-electron chi connectivity index (χ0n) is 11.4. The maximum Gasteiger partial charge on any atom is 0.303 e. The van der Waals surface area contributed by atoms with Crippen molar-refractivity contribution in [2.75, 3.05) is 6.61 Å². The van der Waals surface area contributed by atoms with Crippen LogP contribution in [0, 0.1) is 0 Å². The zero-order valence-corrected chi connectivity index (χ0v) is 11.4. The first-order valence-electron chi connectivity index (χ1n) is 5.94. The number of ether oxygens (including phenoxy) is 4. The minimum absolute atomic E-state index is 0.0798. The molecule has 0 radical (unpaired) electrons. The predicted molar refractivity (Wildman–Crippen MR) is 62.1 cm³/mol. The lowest BCUT2D eigenvalue weighted by atomic mass is 10.0. The second-order valence-electron chi connectivity index (χ2n) is 4.33. The molecule has 1 rings (SSSR count). The first-order chi connectivity index (χ1) is 8.81. The van der Waals surface area contributed by atoms with E-state index < -0.39 is 42.3 Å². The van der Waals surface area contributed by atoms with E-state index in [1.165, 1.54) is 20.8 Å². The van der Waals surface area contributed by atoms with E-state index in [-0.39, 0.29) is 6.61 Å². The second kappa shape index (κ2) is 6.51. The molecule has 19 heavy (non-hydrogen) atoms. The Hall–Kier alpha value is -1.63. The molecule has 1 aliphatic rings. The van der Waals surface area contributed by atoms with Gasteiger partial charge in [-0.15, -0.1) is 0 Å². The normalized spacial score (nSPS) is 30.3. The zero-order chi connectivity index (χ0) is 14.6. The molecular formula is C12H18O7. The van der Waals surface area contributed by atoms with E-state index in [4.69, 9.17) is 18.9 Å². The summed E-state index contributed by atoms with van der Waals surface area (Å²) in [4.78, 5) is 33.3. The highest BCUT2D eigenvalue weighted by molar-refractivity contribution is 5.68. The number of hydrogen-bond acceptors (Lipinski definition) is 7. The first-order valence-corrected chi connectivity index (χ1v) is 5.94. The first kappa shape index (κ1) is 15.4. The standard InChI is InChI=1S/C12H18O7/c1-6-11(18-8(3)14)12(19-9(4)15)10(5-16-6)17-7(2)13/h6,10-12H,5H2,1-4H3/t6?,10?,11-,12?/m0/s1. The molecule has 0 bridgehead atoms. The molecule has 1 aliphatic heterocycles. The van der Waals surface area contributed by atoms with Crippen LogP contribution in [0.3, 0.4) is 0 Å². The molecule has 0 aromatic rings. The van der Waals surface area contributed by atoms with E-state index in [9.17, 15) is 14.4 Å². The number of carbonyl (C=O) groups is 3. The average Bonchev–Trinajstić information content (AvgIpc) is 2.25. The quantitative estimate of drug-likeness (QED) is 0.536. The molecular weight excluding hydrogens is 256 g/mol. The van der Waals surface area contributed by atoms with Crippen molar-refractivity contribution in [1.82, 2.24) is 0 Å². The third kappa shape index (κ3) is 4.51. The fourth-order valence-electron chi connectivity index (χ4n) is 1.92. The van der Waals surface area contributed by atoms with Crippen molar-refractivity contribution in [2.24, 2.45) is 0 Å². The average molecular weight is 274 g/mol. The van der Waals surface area contributed by atoms with Gasteiger partial charge >= 0.3 is 17.9 Å². The van der Waals surface area contributed by atoms with E-state index in [2.05, 4.69) is 0 Å². The highest BCUT2D eigenvalue weighted by Crippen LogP contribution is 2.24. The number of rotatable bonds is 3. The molecule has 4 atom stereocenters. The van der Waals surface area contributed by atoms with Crippen molar-refractivity contribution < 1.29 is 33.3 Å². The summed E-state index contributed by atoms with van der Waals surface area (Å²) in [6, 6.07) is 0. The topological polar surface area (TPSA) is 88.1 Å². The van der Waals surface area contributed by atoms with Crippen LogP contribution in [0.25, 0.3) is 0 Å². The van der Waals surface area contributed by atoms with Gasteiger partial charge in [0.15, 0.2) is 18.3 Å². The second-order valence-corrected chi connectivity index (χ2v) is 4.33. The van der Waals surface area contributed by atoms with Crippen molar-refractivity contribution >= 4 is 17.9 Å². The van der Waals surface area contributed by atoms with Gasteiger partial charge in [0, 0.05) is 20.8 Å². The molecule has 0 saturated carbocycles. The third-order valence-electron chi connectivity index (χ3n) is 2.60. The van der Waals surface area contributed by atoms with Gasteiger partial charge in [-0.1, -0.05) is 0 Å². The summed E-state index contributed by atoms with van der Waals surface area (Å²) < 4.78 is 20.6. The number of hydrogen-bond donors (Lipinski definition) is 0. The van der Waals surface area contributed by atoms with Crippen LogP contribution >= 0.6 is 0 Å². The Bertz CT molecular complexity index is 365. The number of carbonyl (C=O) groups excluding carboxylic acids is 3. The monoisotopic (exact) mass is 274 g/mol. The SMILES string of the molecule is CC(=O)OC1COC(C)[C@H](OC(C)=O)C1OC(C)=O. The van der Waals surface area contributed by atoms with Crippen LogP contribution in [0.1, 0.15) is 27.7 Å². The third-order valence-corrected chi connectivity index (χ3v) is 2.60.